The van der Waals surface area contributed by atoms with Gasteiger partial charge in [-0.05, 0) is 0 Å². The van der Waals surface area contributed by atoms with Gasteiger partial charge in [0.1, 0.15) is 0 Å². The van der Waals surface area contributed by atoms with Crippen LogP contribution in [0.5, 0.6) is 0 Å². The first-order chi connectivity index (χ1) is 4.85. The van der Waals surface area contributed by atoms with Gasteiger partial charge in [-0.25, -0.2) is 12.1 Å². The van der Waals surface area contributed by atoms with Gasteiger partial charge in [0.15, 0.2) is 0 Å². The van der Waals surface area contributed by atoms with Crippen LogP contribution in [0, 0.1) is 0 Å². The Morgan fingerprint density at radius 2 is 1.70 bits per heavy atom. The Balaban J connectivity index is 0.000000236. The maximum absolute atomic E-state index is 4.93. The van der Waals surface area contributed by atoms with Crippen LogP contribution in [0.25, 0.3) is 0 Å². The molecule has 0 aliphatic heterocycles. The molecule has 0 aromatic heterocycles. The van der Waals surface area contributed by atoms with E-state index >= 15 is 0 Å². The van der Waals surface area contributed by atoms with Gasteiger partial charge in [-0.15, -0.1) is 0 Å². The first kappa shape index (κ1) is 10.8. The molecule has 0 unspecified atom stereocenters. The molecule has 56 valence electrons. The van der Waals surface area contributed by atoms with Crippen molar-refractivity contribution in [2.75, 3.05) is 0 Å². The Morgan fingerprint density at radius 3 is 1.90 bits per heavy atom. The van der Waals surface area contributed by atoms with E-state index in [9.17, 15) is 0 Å². The first-order valence-electron chi connectivity index (χ1n) is 3.02. The van der Waals surface area contributed by atoms with Gasteiger partial charge < -0.3 is 0 Å². The summed E-state index contributed by atoms with van der Waals surface area (Å²) in [7, 11) is 9.87. The maximum atomic E-state index is 4.93. The Morgan fingerprint density at radius 1 is 1.30 bits per heavy atom. The third kappa shape index (κ3) is 5.59. The van der Waals surface area contributed by atoms with E-state index in [1.165, 1.54) is 5.56 Å². The molecular formula is C7H9Cl2Zr-. The van der Waals surface area contributed by atoms with Crippen molar-refractivity contribution in [3.63, 3.8) is 0 Å². The van der Waals surface area contributed by atoms with Gasteiger partial charge in [0.25, 0.3) is 0 Å². The van der Waals surface area contributed by atoms with Crippen molar-refractivity contribution >= 4 is 17.0 Å². The summed E-state index contributed by atoms with van der Waals surface area (Å²) in [6.07, 6.45) is 1.16. The van der Waals surface area contributed by atoms with Crippen molar-refractivity contribution in [3.05, 3.63) is 29.8 Å². The average Bonchev–Trinajstić information content (AvgIpc) is 2.39. The molecule has 0 saturated carbocycles. The number of rotatable bonds is 1. The number of hydrogen-bond acceptors (Lipinski definition) is 0. The van der Waals surface area contributed by atoms with E-state index in [1.807, 2.05) is 0 Å². The molecule has 1 rings (SSSR count). The van der Waals surface area contributed by atoms with Crippen LogP contribution in [0.2, 0.25) is 0 Å². The monoisotopic (exact) mass is 253 g/mol. The Kier molecular flexibility index (Phi) is 8.56. The third-order valence-electron chi connectivity index (χ3n) is 1.14. The zero-order valence-electron chi connectivity index (χ0n) is 5.77. The fourth-order valence-corrected chi connectivity index (χ4v) is 0.650. The molecule has 0 heterocycles. The molecule has 1 aromatic rings. The summed E-state index contributed by atoms with van der Waals surface area (Å²) in [4.78, 5) is 0. The molecule has 0 nitrogen and oxygen atoms in total. The molecule has 0 radical (unpaired) electrons. The average molecular weight is 255 g/mol. The van der Waals surface area contributed by atoms with Crippen molar-refractivity contribution in [3.8, 4) is 0 Å². The summed E-state index contributed by atoms with van der Waals surface area (Å²) in [5.74, 6) is 0. The standard InChI is InChI=1S/C7H9.2ClH.Zr/c1-2-7-5-3-4-6-7;;;/h3-6H,2H2,1H3;2*1H;/q-1;;;+2/p-2. The zero-order chi connectivity index (χ0) is 7.82. The predicted octanol–water partition coefficient (Wildman–Crippen LogP) is 3.34. The second-order valence-electron chi connectivity index (χ2n) is 1.72. The van der Waals surface area contributed by atoms with Crippen LogP contribution < -0.4 is 0 Å². The third-order valence-corrected chi connectivity index (χ3v) is 1.14. The van der Waals surface area contributed by atoms with Crippen LogP contribution in [0.4, 0.5) is 0 Å². The summed E-state index contributed by atoms with van der Waals surface area (Å²) in [6, 6.07) is 8.41. The molecular weight excluding hydrogens is 246 g/mol. The summed E-state index contributed by atoms with van der Waals surface area (Å²) >= 11 is -0.826. The molecule has 0 atom stereocenters. The first-order valence-corrected chi connectivity index (χ1v) is 9.35. The normalized spacial score (nSPS) is 7.90. The van der Waals surface area contributed by atoms with E-state index in [2.05, 4.69) is 31.2 Å². The zero-order valence-corrected chi connectivity index (χ0v) is 9.74. The van der Waals surface area contributed by atoms with Crippen molar-refractivity contribution in [1.29, 1.82) is 0 Å². The SMILES string of the molecule is CC[c-]1cccc1.[Cl][Zr][Cl]. The fourth-order valence-electron chi connectivity index (χ4n) is 0.650. The number of aryl methyl sites for hydroxylation is 1. The van der Waals surface area contributed by atoms with E-state index < -0.39 is 20.8 Å². The molecule has 0 aliphatic rings. The summed E-state index contributed by atoms with van der Waals surface area (Å²) < 4.78 is 0. The molecule has 3 heteroatoms. The van der Waals surface area contributed by atoms with Gasteiger partial charge in [-0.2, -0.15) is 17.7 Å². The van der Waals surface area contributed by atoms with Gasteiger partial charge in [0, 0.05) is 0 Å². The van der Waals surface area contributed by atoms with Gasteiger partial charge in [-0.1, -0.05) is 13.3 Å². The Bertz CT molecular complexity index is 137. The second-order valence-corrected chi connectivity index (χ2v) is 5.45. The van der Waals surface area contributed by atoms with Crippen LogP contribution in [-0.4, -0.2) is 0 Å². The summed E-state index contributed by atoms with van der Waals surface area (Å²) in [6.45, 7) is 2.16. The number of halogens is 2. The minimum absolute atomic E-state index is 0.826. The predicted molar refractivity (Wildman–Crippen MR) is 43.1 cm³/mol. The van der Waals surface area contributed by atoms with Crippen LogP contribution >= 0.6 is 17.0 Å². The van der Waals surface area contributed by atoms with Crippen LogP contribution in [0.3, 0.4) is 0 Å². The van der Waals surface area contributed by atoms with E-state index in [0.29, 0.717) is 0 Å². The fraction of sp³-hybridized carbons (Fsp3) is 0.286. The Labute approximate surface area is 80.6 Å². The molecule has 10 heavy (non-hydrogen) atoms. The van der Waals surface area contributed by atoms with Gasteiger partial charge in [-0.3, -0.25) is 0 Å². The van der Waals surface area contributed by atoms with Gasteiger partial charge >= 0.3 is 37.9 Å². The minimum atomic E-state index is -0.826. The van der Waals surface area contributed by atoms with Crippen LogP contribution in [0.15, 0.2) is 24.3 Å². The molecule has 0 saturated heterocycles. The summed E-state index contributed by atoms with van der Waals surface area (Å²) in [5, 5.41) is 0. The molecule has 0 bridgehead atoms. The van der Waals surface area contributed by atoms with Crippen molar-refractivity contribution < 1.29 is 20.8 Å². The summed E-state index contributed by atoms with van der Waals surface area (Å²) in [5.41, 5.74) is 1.43. The van der Waals surface area contributed by atoms with E-state index in [4.69, 9.17) is 17.0 Å². The number of hydrogen-bond donors (Lipinski definition) is 0. The van der Waals surface area contributed by atoms with Gasteiger partial charge in [0.2, 0.25) is 0 Å². The molecule has 0 amide bonds. The Hall–Kier alpha value is 0.813. The topological polar surface area (TPSA) is 0 Å². The van der Waals surface area contributed by atoms with E-state index in [-0.39, 0.29) is 0 Å². The van der Waals surface area contributed by atoms with Crippen molar-refractivity contribution in [2.45, 2.75) is 13.3 Å². The van der Waals surface area contributed by atoms with E-state index in [0.717, 1.165) is 6.42 Å². The molecule has 0 spiro atoms. The van der Waals surface area contributed by atoms with E-state index in [1.54, 1.807) is 0 Å². The molecule has 0 N–H and O–H groups in total. The van der Waals surface area contributed by atoms with Crippen LogP contribution in [0.1, 0.15) is 12.5 Å². The molecule has 0 fully saturated rings. The molecule has 0 aliphatic carbocycles. The second kappa shape index (κ2) is 7.92. The van der Waals surface area contributed by atoms with Crippen molar-refractivity contribution in [2.24, 2.45) is 0 Å². The quantitative estimate of drug-likeness (QED) is 0.675. The van der Waals surface area contributed by atoms with Gasteiger partial charge in [0.05, 0.1) is 0 Å². The van der Waals surface area contributed by atoms with Crippen LogP contribution in [-0.2, 0) is 27.3 Å². The molecule has 1 aromatic carbocycles. The van der Waals surface area contributed by atoms with Crippen molar-refractivity contribution in [1.82, 2.24) is 0 Å².